The van der Waals surface area contributed by atoms with Crippen molar-refractivity contribution in [3.05, 3.63) is 54.6 Å². The predicted octanol–water partition coefficient (Wildman–Crippen LogP) is 4.60. The Morgan fingerprint density at radius 3 is 2.35 bits per heavy atom. The van der Waals surface area contributed by atoms with Gasteiger partial charge in [0.05, 0.1) is 18.1 Å². The van der Waals surface area contributed by atoms with Gasteiger partial charge in [-0.05, 0) is 43.5 Å². The van der Waals surface area contributed by atoms with Crippen molar-refractivity contribution in [2.24, 2.45) is 0 Å². The molecule has 0 bridgehead atoms. The lowest BCUT2D eigenvalue weighted by Crippen LogP contribution is -2.50. The van der Waals surface area contributed by atoms with Crippen LogP contribution in [0.5, 0.6) is 0 Å². The summed E-state index contributed by atoms with van der Waals surface area (Å²) < 4.78 is 24.2. The van der Waals surface area contributed by atoms with Crippen LogP contribution in [0, 0.1) is 0 Å². The molecule has 2 aromatic rings. The average Bonchev–Trinajstić information content (AvgIpc) is 3.14. The van der Waals surface area contributed by atoms with Crippen molar-refractivity contribution in [3.63, 3.8) is 0 Å². The number of para-hydroxylation sites is 1. The van der Waals surface area contributed by atoms with Gasteiger partial charge < -0.3 is 10.2 Å². The molecule has 2 aromatic carbocycles. The summed E-state index contributed by atoms with van der Waals surface area (Å²) in [5.74, 6) is 0.307. The zero-order valence-corrected chi connectivity index (χ0v) is 19.3. The number of hydrogen-bond donors (Lipinski definition) is 1. The lowest BCUT2D eigenvalue weighted by Gasteiger charge is -2.38. The van der Waals surface area contributed by atoms with Crippen molar-refractivity contribution >= 4 is 33.2 Å². The summed E-state index contributed by atoms with van der Waals surface area (Å²) >= 11 is 1.66. The minimum atomic E-state index is -3.04. The van der Waals surface area contributed by atoms with Crippen molar-refractivity contribution < 1.29 is 13.2 Å². The third kappa shape index (κ3) is 5.83. The third-order valence-corrected chi connectivity index (χ3v) is 8.98. The van der Waals surface area contributed by atoms with Crippen molar-refractivity contribution in [3.8, 4) is 0 Å². The van der Waals surface area contributed by atoms with Crippen molar-refractivity contribution in [1.82, 2.24) is 4.90 Å². The quantitative estimate of drug-likeness (QED) is 0.657. The van der Waals surface area contributed by atoms with Crippen LogP contribution in [-0.2, 0) is 14.6 Å². The molecule has 5 nitrogen and oxygen atoms in total. The highest BCUT2D eigenvalue weighted by Gasteiger charge is 2.38. The van der Waals surface area contributed by atoms with Gasteiger partial charge in [0.15, 0.2) is 9.84 Å². The molecule has 2 fully saturated rings. The Labute approximate surface area is 189 Å². The molecule has 166 valence electrons. The van der Waals surface area contributed by atoms with E-state index in [0.29, 0.717) is 6.42 Å². The molecule has 4 rings (SSSR count). The number of amides is 1. The number of carbonyl (C=O) groups is 1. The molecule has 1 amide bonds. The Kier molecular flexibility index (Phi) is 7.23. The van der Waals surface area contributed by atoms with Crippen LogP contribution in [0.1, 0.15) is 38.5 Å². The van der Waals surface area contributed by atoms with E-state index in [1.807, 2.05) is 47.4 Å². The summed E-state index contributed by atoms with van der Waals surface area (Å²) in [6, 6.07) is 18.1. The summed E-state index contributed by atoms with van der Waals surface area (Å²) in [6.07, 6.45) is 5.93. The van der Waals surface area contributed by atoms with E-state index in [2.05, 4.69) is 17.4 Å². The summed E-state index contributed by atoms with van der Waals surface area (Å²) in [6.45, 7) is 0.180. The molecule has 1 saturated carbocycles. The van der Waals surface area contributed by atoms with E-state index in [-0.39, 0.29) is 36.0 Å². The van der Waals surface area contributed by atoms with E-state index in [4.69, 9.17) is 0 Å². The van der Waals surface area contributed by atoms with E-state index in [1.54, 1.807) is 11.8 Å². The van der Waals surface area contributed by atoms with Crippen LogP contribution in [0.25, 0.3) is 0 Å². The first-order valence-corrected chi connectivity index (χ1v) is 13.7. The molecular weight excluding hydrogens is 428 g/mol. The molecule has 7 heteroatoms. The number of carbonyl (C=O) groups excluding carboxylic acids is 1. The van der Waals surface area contributed by atoms with E-state index >= 15 is 0 Å². The largest absolute Gasteiger partial charge is 0.375 e. The molecule has 31 heavy (non-hydrogen) atoms. The van der Waals surface area contributed by atoms with Crippen LogP contribution in [0.4, 0.5) is 5.69 Å². The van der Waals surface area contributed by atoms with E-state index in [1.165, 1.54) is 6.42 Å². The zero-order valence-electron chi connectivity index (χ0n) is 17.7. The predicted molar refractivity (Wildman–Crippen MR) is 126 cm³/mol. The molecule has 1 heterocycles. The van der Waals surface area contributed by atoms with Crippen LogP contribution < -0.4 is 5.32 Å². The number of hydrogen-bond acceptors (Lipinski definition) is 5. The second kappa shape index (κ2) is 10.1. The first-order chi connectivity index (χ1) is 15.0. The normalized spacial score (nSPS) is 21.0. The fraction of sp³-hybridized carbons (Fsp3) is 0.458. The molecular formula is C24H30N2O3S2. The molecule has 1 atom stereocenters. The SMILES string of the molecule is O=C(CNc1ccccc1Sc1ccccc1)N(C1CCCCC1)[C@H]1CCS(=O)(=O)C1. The maximum Gasteiger partial charge on any atom is 0.242 e. The molecule has 0 aromatic heterocycles. The molecule has 2 aliphatic rings. The summed E-state index contributed by atoms with van der Waals surface area (Å²) in [5, 5.41) is 3.34. The van der Waals surface area contributed by atoms with Gasteiger partial charge in [0.1, 0.15) is 0 Å². The van der Waals surface area contributed by atoms with Crippen molar-refractivity contribution in [2.75, 3.05) is 23.4 Å². The van der Waals surface area contributed by atoms with Crippen molar-refractivity contribution in [1.29, 1.82) is 0 Å². The Hall–Kier alpha value is -1.99. The molecule has 1 saturated heterocycles. The molecule has 0 spiro atoms. The Morgan fingerprint density at radius 1 is 0.935 bits per heavy atom. The zero-order chi connectivity index (χ0) is 21.7. The summed E-state index contributed by atoms with van der Waals surface area (Å²) in [7, 11) is -3.04. The van der Waals surface area contributed by atoms with Gasteiger partial charge in [0, 0.05) is 27.6 Å². The summed E-state index contributed by atoms with van der Waals surface area (Å²) in [5.41, 5.74) is 0.923. The Morgan fingerprint density at radius 2 is 1.65 bits per heavy atom. The molecule has 0 radical (unpaired) electrons. The minimum absolute atomic E-state index is 0.00788. The molecule has 0 unspecified atom stereocenters. The van der Waals surface area contributed by atoms with Gasteiger partial charge in [0.25, 0.3) is 0 Å². The minimum Gasteiger partial charge on any atom is -0.375 e. The number of anilines is 1. The first kappa shape index (κ1) is 22.2. The number of rotatable bonds is 7. The molecule has 1 N–H and O–H groups in total. The maximum absolute atomic E-state index is 13.3. The lowest BCUT2D eigenvalue weighted by molar-refractivity contribution is -0.134. The second-order valence-corrected chi connectivity index (χ2v) is 11.8. The van der Waals surface area contributed by atoms with Gasteiger partial charge in [-0.25, -0.2) is 8.42 Å². The van der Waals surface area contributed by atoms with Gasteiger partial charge in [-0.15, -0.1) is 0 Å². The number of nitrogens with zero attached hydrogens (tertiary/aromatic N) is 1. The standard InChI is InChI=1S/C24H30N2O3S2/c27-24(26(19-9-3-1-4-10-19)20-15-16-31(28,29)18-20)17-25-22-13-7-8-14-23(22)30-21-11-5-2-6-12-21/h2,5-8,11-14,19-20,25H,1,3-4,9-10,15-18H2/t20-/m0/s1. The third-order valence-electron chi connectivity index (χ3n) is 6.15. The van der Waals surface area contributed by atoms with Crippen LogP contribution in [-0.4, -0.2) is 49.4 Å². The monoisotopic (exact) mass is 458 g/mol. The van der Waals surface area contributed by atoms with Gasteiger partial charge in [-0.1, -0.05) is 61.4 Å². The number of benzene rings is 2. The van der Waals surface area contributed by atoms with E-state index in [9.17, 15) is 13.2 Å². The van der Waals surface area contributed by atoms with E-state index < -0.39 is 9.84 Å². The Balaban J connectivity index is 1.47. The van der Waals surface area contributed by atoms with E-state index in [0.717, 1.165) is 41.2 Å². The van der Waals surface area contributed by atoms with Gasteiger partial charge in [-0.2, -0.15) is 0 Å². The van der Waals surface area contributed by atoms with Gasteiger partial charge in [-0.3, -0.25) is 4.79 Å². The Bertz CT molecular complexity index is 989. The molecule has 1 aliphatic carbocycles. The average molecular weight is 459 g/mol. The van der Waals surface area contributed by atoms with Crippen LogP contribution in [0.2, 0.25) is 0 Å². The fourth-order valence-corrected chi connectivity index (χ4v) is 7.29. The van der Waals surface area contributed by atoms with Crippen LogP contribution in [0.3, 0.4) is 0 Å². The van der Waals surface area contributed by atoms with Crippen molar-refractivity contribution in [2.45, 2.75) is 60.4 Å². The fourth-order valence-electron chi connectivity index (χ4n) is 4.64. The van der Waals surface area contributed by atoms with Crippen LogP contribution >= 0.6 is 11.8 Å². The number of sulfone groups is 1. The second-order valence-electron chi connectivity index (χ2n) is 8.41. The van der Waals surface area contributed by atoms with Gasteiger partial charge in [0.2, 0.25) is 5.91 Å². The lowest BCUT2D eigenvalue weighted by atomic mass is 9.93. The highest BCUT2D eigenvalue weighted by Crippen LogP contribution is 2.33. The van der Waals surface area contributed by atoms with Gasteiger partial charge >= 0.3 is 0 Å². The smallest absolute Gasteiger partial charge is 0.242 e. The van der Waals surface area contributed by atoms with Crippen LogP contribution in [0.15, 0.2) is 64.4 Å². The highest BCUT2D eigenvalue weighted by molar-refractivity contribution is 7.99. The topological polar surface area (TPSA) is 66.5 Å². The maximum atomic E-state index is 13.3. The molecule has 1 aliphatic heterocycles. The number of nitrogens with one attached hydrogen (secondary N) is 1. The summed E-state index contributed by atoms with van der Waals surface area (Å²) in [4.78, 5) is 17.5. The first-order valence-electron chi connectivity index (χ1n) is 11.1. The highest BCUT2D eigenvalue weighted by atomic mass is 32.2.